The molecule has 1 aromatic heterocycles. The van der Waals surface area contributed by atoms with Gasteiger partial charge in [-0.2, -0.15) is 0 Å². The zero-order valence-electron chi connectivity index (χ0n) is 25.8. The Morgan fingerprint density at radius 1 is 1.02 bits per heavy atom. The van der Waals surface area contributed by atoms with Crippen molar-refractivity contribution in [3.8, 4) is 0 Å². The van der Waals surface area contributed by atoms with Crippen LogP contribution in [0.25, 0.3) is 0 Å². The first-order valence-electron chi connectivity index (χ1n) is 16.3. The molecule has 234 valence electrons. The van der Waals surface area contributed by atoms with E-state index in [1.807, 2.05) is 30.5 Å². The number of halogens is 1. The van der Waals surface area contributed by atoms with Crippen molar-refractivity contribution in [3.05, 3.63) is 77.8 Å². The van der Waals surface area contributed by atoms with Crippen LogP contribution in [0.15, 0.2) is 66.5 Å². The predicted octanol–water partition coefficient (Wildman–Crippen LogP) is 3.30. The Labute approximate surface area is 259 Å². The number of Topliss-reactive ketones (excluding diaryl/α,β-unsaturated/α-hetero) is 1. The number of rotatable bonds is 6. The fourth-order valence-corrected chi connectivity index (χ4v) is 8.45. The van der Waals surface area contributed by atoms with Gasteiger partial charge in [0.2, 0.25) is 0 Å². The van der Waals surface area contributed by atoms with Crippen molar-refractivity contribution in [1.29, 1.82) is 0 Å². The number of nitrogens with zero attached hydrogens (tertiary/aromatic N) is 5. The maximum Gasteiger partial charge on any atom is 0.258 e. The highest BCUT2D eigenvalue weighted by molar-refractivity contribution is 6.20. The zero-order valence-corrected chi connectivity index (χ0v) is 25.8. The van der Waals surface area contributed by atoms with Gasteiger partial charge in [-0.05, 0) is 56.3 Å². The van der Waals surface area contributed by atoms with E-state index in [-0.39, 0.29) is 47.9 Å². The highest BCUT2D eigenvalue weighted by Crippen LogP contribution is 2.49. The van der Waals surface area contributed by atoms with Gasteiger partial charge in [-0.3, -0.25) is 19.5 Å². The van der Waals surface area contributed by atoms with Crippen molar-refractivity contribution in [2.45, 2.75) is 74.5 Å². The van der Waals surface area contributed by atoms with Gasteiger partial charge >= 0.3 is 0 Å². The number of amides is 1. The molecule has 9 heteroatoms. The van der Waals surface area contributed by atoms with Crippen LogP contribution in [0.2, 0.25) is 0 Å². The number of benzene rings is 1. The summed E-state index contributed by atoms with van der Waals surface area (Å²) in [5.74, 6) is -0.767. The number of ketones is 1. The second-order valence-electron chi connectivity index (χ2n) is 13.5. The molecule has 2 saturated carbocycles. The van der Waals surface area contributed by atoms with E-state index in [0.717, 1.165) is 51.1 Å². The van der Waals surface area contributed by atoms with Crippen LogP contribution < -0.4 is 0 Å². The Hall–Kier alpha value is -3.14. The average Bonchev–Trinajstić information content (AvgIpc) is 3.05. The van der Waals surface area contributed by atoms with E-state index in [9.17, 15) is 9.59 Å². The lowest BCUT2D eigenvalue weighted by Gasteiger charge is -2.61. The van der Waals surface area contributed by atoms with Crippen LogP contribution in [0.4, 0.5) is 4.39 Å². The second-order valence-corrected chi connectivity index (χ2v) is 13.5. The van der Waals surface area contributed by atoms with Gasteiger partial charge in [0, 0.05) is 70.2 Å². The van der Waals surface area contributed by atoms with E-state index in [1.165, 1.54) is 5.56 Å². The molecule has 3 aliphatic heterocycles. The Kier molecular flexibility index (Phi) is 8.29. The Morgan fingerprint density at radius 2 is 1.80 bits per heavy atom. The Morgan fingerprint density at radius 3 is 2.55 bits per heavy atom. The van der Waals surface area contributed by atoms with E-state index >= 15 is 4.39 Å². The van der Waals surface area contributed by atoms with Crippen molar-refractivity contribution in [1.82, 2.24) is 24.6 Å². The topological polar surface area (TPSA) is 69.2 Å². The largest absolute Gasteiger partial charge is 0.369 e. The lowest BCUT2D eigenvalue weighted by molar-refractivity contribution is -0.214. The summed E-state index contributed by atoms with van der Waals surface area (Å²) in [4.78, 5) is 40.9. The lowest BCUT2D eigenvalue weighted by atomic mass is 9.68. The van der Waals surface area contributed by atoms with Crippen molar-refractivity contribution in [2.75, 3.05) is 46.8 Å². The first-order chi connectivity index (χ1) is 21.4. The maximum absolute atomic E-state index is 16.3. The van der Waals surface area contributed by atoms with E-state index in [4.69, 9.17) is 4.74 Å². The summed E-state index contributed by atoms with van der Waals surface area (Å²) in [7, 11) is 3.84. The Bertz CT molecular complexity index is 1370. The van der Waals surface area contributed by atoms with E-state index in [2.05, 4.69) is 51.0 Å². The fourth-order valence-electron chi connectivity index (χ4n) is 8.45. The third-order valence-electron chi connectivity index (χ3n) is 10.9. The van der Waals surface area contributed by atoms with Crippen molar-refractivity contribution in [2.24, 2.45) is 5.92 Å². The molecule has 0 radical (unpaired) electrons. The standard InChI is InChI=1S/C35H44FN5O3/c1-38-16-18-40(19-17-38)32-28(36)21-26-31-34(32)44-30-12-11-24(23-8-4-3-5-9-23)20-29(30)41(31)22-27(33(26)42)35(43)39(2)15-13-25-10-6-7-14-37-25/h3-10,14,22,24,26,28-32,34H,11-13,15-21H2,1-2H3. The van der Waals surface area contributed by atoms with Gasteiger partial charge in [0.05, 0.1) is 35.9 Å². The average molecular weight is 602 g/mol. The number of pyridine rings is 1. The summed E-state index contributed by atoms with van der Waals surface area (Å²) >= 11 is 0. The molecular weight excluding hydrogens is 557 g/mol. The number of morpholine rings is 1. The molecule has 2 aromatic rings. The number of carbonyl (C=O) groups excluding carboxylic acids is 2. The first kappa shape index (κ1) is 29.6. The molecule has 5 aliphatic rings. The van der Waals surface area contributed by atoms with Crippen LogP contribution in [0, 0.1) is 5.92 Å². The van der Waals surface area contributed by atoms with E-state index in [0.29, 0.717) is 18.9 Å². The molecule has 2 saturated heterocycles. The number of piperazine rings is 1. The number of alkyl halides is 1. The quantitative estimate of drug-likeness (QED) is 0.471. The van der Waals surface area contributed by atoms with Crippen molar-refractivity contribution < 1.29 is 18.7 Å². The minimum atomic E-state index is -1.19. The van der Waals surface area contributed by atoms with E-state index in [1.54, 1.807) is 18.1 Å². The lowest BCUT2D eigenvalue weighted by Crippen LogP contribution is -2.74. The van der Waals surface area contributed by atoms with E-state index < -0.39 is 18.2 Å². The molecule has 4 fully saturated rings. The number of ether oxygens (including phenoxy) is 1. The highest BCUT2D eigenvalue weighted by Gasteiger charge is 2.60. The predicted molar refractivity (Wildman–Crippen MR) is 166 cm³/mol. The normalized spacial score (nSPS) is 34.1. The molecule has 4 heterocycles. The number of fused-ring (bicyclic) bond motifs is 2. The third kappa shape index (κ3) is 5.48. The molecule has 8 nitrogen and oxygen atoms in total. The van der Waals surface area contributed by atoms with Crippen LogP contribution in [0.3, 0.4) is 0 Å². The monoisotopic (exact) mass is 601 g/mol. The number of hydrogen-bond acceptors (Lipinski definition) is 7. The smallest absolute Gasteiger partial charge is 0.258 e. The summed E-state index contributed by atoms with van der Waals surface area (Å²) in [6.07, 6.45) is 5.39. The Balaban J connectivity index is 1.20. The number of aromatic nitrogens is 1. The summed E-state index contributed by atoms with van der Waals surface area (Å²) < 4.78 is 23.3. The molecule has 0 N–H and O–H groups in total. The summed E-state index contributed by atoms with van der Waals surface area (Å²) in [6, 6.07) is 15.7. The molecular formula is C35H44FN5O3. The van der Waals surface area contributed by atoms with Gasteiger partial charge in [-0.1, -0.05) is 36.4 Å². The molecule has 8 atom stereocenters. The first-order valence-corrected chi connectivity index (χ1v) is 16.3. The molecule has 7 rings (SSSR count). The SMILES string of the molecule is CN1CCN(C2C(F)CC3C(=O)C(C(=O)N(C)CCc4ccccn4)=CN4C5CC(c6ccccc6)CCC5OC2C34)CC1. The highest BCUT2D eigenvalue weighted by atomic mass is 19.1. The molecule has 44 heavy (non-hydrogen) atoms. The van der Waals surface area contributed by atoms with Crippen molar-refractivity contribution >= 4 is 11.7 Å². The molecule has 1 aromatic carbocycles. The number of carbonyl (C=O) groups is 2. The van der Waals surface area contributed by atoms with Crippen LogP contribution >= 0.6 is 0 Å². The second kappa shape index (κ2) is 12.3. The van der Waals surface area contributed by atoms with Gasteiger partial charge in [0.1, 0.15) is 6.17 Å². The number of hydrogen-bond donors (Lipinski definition) is 0. The number of likely N-dealkylation sites (N-methyl/N-ethyl adjacent to an activating group) is 2. The third-order valence-corrected chi connectivity index (χ3v) is 10.9. The van der Waals surface area contributed by atoms with Crippen LogP contribution in [-0.2, 0) is 20.7 Å². The zero-order chi connectivity index (χ0) is 30.4. The minimum Gasteiger partial charge on any atom is -0.369 e. The minimum absolute atomic E-state index is 0.0248. The molecule has 8 unspecified atom stereocenters. The molecule has 0 spiro atoms. The van der Waals surface area contributed by atoms with Crippen LogP contribution in [0.5, 0.6) is 0 Å². The van der Waals surface area contributed by atoms with Crippen LogP contribution in [0.1, 0.15) is 42.9 Å². The molecule has 2 aliphatic carbocycles. The van der Waals surface area contributed by atoms with Gasteiger partial charge in [0.15, 0.2) is 5.78 Å². The van der Waals surface area contributed by atoms with Crippen LogP contribution in [-0.4, -0.2) is 120 Å². The van der Waals surface area contributed by atoms with Gasteiger partial charge in [0.25, 0.3) is 5.91 Å². The van der Waals surface area contributed by atoms with Gasteiger partial charge < -0.3 is 19.4 Å². The molecule has 1 amide bonds. The summed E-state index contributed by atoms with van der Waals surface area (Å²) in [5, 5.41) is 0. The summed E-state index contributed by atoms with van der Waals surface area (Å²) in [6.45, 7) is 3.80. The summed E-state index contributed by atoms with van der Waals surface area (Å²) in [5.41, 5.74) is 2.39. The van der Waals surface area contributed by atoms with Gasteiger partial charge in [-0.25, -0.2) is 4.39 Å². The fraction of sp³-hybridized carbons (Fsp3) is 0.571. The molecule has 0 bridgehead atoms. The van der Waals surface area contributed by atoms with Gasteiger partial charge in [-0.15, -0.1) is 0 Å². The maximum atomic E-state index is 16.3. The van der Waals surface area contributed by atoms with Crippen molar-refractivity contribution in [3.63, 3.8) is 0 Å².